The van der Waals surface area contributed by atoms with Gasteiger partial charge in [0, 0.05) is 18.3 Å². The molecule has 0 radical (unpaired) electrons. The van der Waals surface area contributed by atoms with Crippen LogP contribution in [0.4, 0.5) is 0 Å². The third kappa shape index (κ3) is 3.32. The smallest absolute Gasteiger partial charge is 0.306 e. The van der Waals surface area contributed by atoms with Gasteiger partial charge in [0.15, 0.2) is 11.4 Å². The second-order valence-corrected chi connectivity index (χ2v) is 11.1. The van der Waals surface area contributed by atoms with Crippen LogP contribution in [-0.4, -0.2) is 46.1 Å². The van der Waals surface area contributed by atoms with Crippen molar-refractivity contribution in [3.05, 3.63) is 11.6 Å². The van der Waals surface area contributed by atoms with Crippen LogP contribution in [0.15, 0.2) is 11.6 Å². The van der Waals surface area contributed by atoms with Gasteiger partial charge in [-0.3, -0.25) is 14.4 Å². The van der Waals surface area contributed by atoms with Crippen molar-refractivity contribution in [3.8, 4) is 0 Å². The molecule has 3 saturated carbocycles. The second kappa shape index (κ2) is 8.35. The Morgan fingerprint density at radius 3 is 2.62 bits per heavy atom. The molecule has 0 aromatic heterocycles. The van der Waals surface area contributed by atoms with Crippen LogP contribution in [0.1, 0.15) is 85.0 Å². The van der Waals surface area contributed by atoms with Crippen molar-refractivity contribution in [2.45, 2.75) is 96.7 Å². The Balaban J connectivity index is 1.70. The lowest BCUT2D eigenvalue weighted by Gasteiger charge is -2.60. The van der Waals surface area contributed by atoms with Crippen LogP contribution in [0.5, 0.6) is 0 Å². The van der Waals surface area contributed by atoms with Gasteiger partial charge in [-0.25, -0.2) is 0 Å². The molecule has 2 N–H and O–H groups in total. The first-order valence-corrected chi connectivity index (χ1v) is 12.4. The Morgan fingerprint density at radius 1 is 1.19 bits per heavy atom. The van der Waals surface area contributed by atoms with E-state index in [4.69, 9.17) is 4.74 Å². The monoisotopic (exact) mass is 446 g/mol. The van der Waals surface area contributed by atoms with Crippen LogP contribution in [0, 0.1) is 28.6 Å². The average Bonchev–Trinajstić information content (AvgIpc) is 3.04. The first kappa shape index (κ1) is 23.6. The van der Waals surface area contributed by atoms with Crippen molar-refractivity contribution < 1.29 is 29.3 Å². The highest BCUT2D eigenvalue weighted by Gasteiger charge is 2.70. The largest absolute Gasteiger partial charge is 0.450 e. The minimum absolute atomic E-state index is 0.0319. The molecule has 0 aliphatic heterocycles. The molecular formula is C26H38O6. The standard InChI is InChI=1S/C26H38O6/c1-4-5-6-22(31)32-26(21(30)15-27)12-10-19-18-8-7-16-13-17(28)9-11-24(16,2)23(18)20(29)14-25(19,26)3/h13,18-20,23,27,29H,4-12,14-15H2,1-3H3/t18-,19-,20-,23+,24?,25-,26-/m0/s1. The van der Waals surface area contributed by atoms with Crippen LogP contribution in [0.25, 0.3) is 0 Å². The van der Waals surface area contributed by atoms with Crippen LogP contribution in [0.3, 0.4) is 0 Å². The summed E-state index contributed by atoms with van der Waals surface area (Å²) in [6.07, 6.45) is 7.44. The molecule has 1 unspecified atom stereocenters. The SMILES string of the molecule is CCCCC(=O)O[C@]1(C(=O)CO)CC[C@H]2[C@@H]3CCC4=CC(=O)CCC4(C)[C@H]3[C@@H](O)C[C@@]21C. The minimum atomic E-state index is -1.37. The lowest BCUT2D eigenvalue weighted by Crippen LogP contribution is -2.63. The number of allylic oxidation sites excluding steroid dienone is 1. The number of Topliss-reactive ketones (excluding diaryl/α,β-unsaturated/α-hetero) is 1. The number of aliphatic hydroxyl groups is 2. The van der Waals surface area contributed by atoms with Gasteiger partial charge in [-0.05, 0) is 74.2 Å². The first-order valence-electron chi connectivity index (χ1n) is 12.4. The summed E-state index contributed by atoms with van der Waals surface area (Å²) < 4.78 is 5.98. The van der Waals surface area contributed by atoms with Crippen LogP contribution < -0.4 is 0 Å². The zero-order valence-electron chi connectivity index (χ0n) is 19.7. The molecule has 0 amide bonds. The van der Waals surface area contributed by atoms with E-state index in [0.717, 1.165) is 32.1 Å². The summed E-state index contributed by atoms with van der Waals surface area (Å²) in [7, 11) is 0. The lowest BCUT2D eigenvalue weighted by atomic mass is 9.45. The van der Waals surface area contributed by atoms with Gasteiger partial charge in [0.25, 0.3) is 0 Å². The van der Waals surface area contributed by atoms with E-state index in [1.807, 2.05) is 19.9 Å². The zero-order valence-corrected chi connectivity index (χ0v) is 19.7. The number of ketones is 2. The molecule has 0 saturated heterocycles. The molecule has 32 heavy (non-hydrogen) atoms. The molecule has 3 fully saturated rings. The molecule has 0 bridgehead atoms. The number of carbonyl (C=O) groups is 3. The number of carbonyl (C=O) groups excluding carboxylic acids is 3. The Labute approximate surface area is 190 Å². The van der Waals surface area contributed by atoms with Crippen molar-refractivity contribution >= 4 is 17.5 Å². The Morgan fingerprint density at radius 2 is 1.94 bits per heavy atom. The van der Waals surface area contributed by atoms with Crippen LogP contribution in [-0.2, 0) is 19.1 Å². The fraction of sp³-hybridized carbons (Fsp3) is 0.808. The third-order valence-corrected chi connectivity index (χ3v) is 9.63. The average molecular weight is 447 g/mol. The third-order valence-electron chi connectivity index (χ3n) is 9.63. The molecule has 4 rings (SSSR count). The summed E-state index contributed by atoms with van der Waals surface area (Å²) in [5.74, 6) is -0.297. The second-order valence-electron chi connectivity index (χ2n) is 11.1. The number of hydrogen-bond donors (Lipinski definition) is 2. The number of unbranched alkanes of at least 4 members (excludes halogenated alkanes) is 1. The first-order chi connectivity index (χ1) is 15.1. The maximum absolute atomic E-state index is 13.1. The number of ether oxygens (including phenoxy) is 1. The summed E-state index contributed by atoms with van der Waals surface area (Å²) in [4.78, 5) is 37.9. The molecule has 4 aliphatic rings. The normalized spacial score (nSPS) is 43.0. The number of esters is 1. The van der Waals surface area contributed by atoms with Crippen molar-refractivity contribution in [2.24, 2.45) is 28.6 Å². The van der Waals surface area contributed by atoms with Crippen molar-refractivity contribution in [3.63, 3.8) is 0 Å². The molecule has 6 heteroatoms. The predicted octanol–water partition coefficient (Wildman–Crippen LogP) is 3.52. The molecule has 7 atom stereocenters. The molecule has 0 spiro atoms. The topological polar surface area (TPSA) is 101 Å². The Bertz CT molecular complexity index is 832. The maximum Gasteiger partial charge on any atom is 0.306 e. The maximum atomic E-state index is 13.1. The Hall–Kier alpha value is -1.53. The quantitative estimate of drug-likeness (QED) is 0.606. The van der Waals surface area contributed by atoms with Gasteiger partial charge in [0.05, 0.1) is 6.10 Å². The van der Waals surface area contributed by atoms with Gasteiger partial charge in [-0.2, -0.15) is 0 Å². The van der Waals surface area contributed by atoms with E-state index in [1.54, 1.807) is 0 Å². The molecule has 178 valence electrons. The molecule has 0 aromatic rings. The van der Waals surface area contributed by atoms with Gasteiger partial charge in [0.1, 0.15) is 6.61 Å². The predicted molar refractivity (Wildman–Crippen MR) is 119 cm³/mol. The molecule has 4 aliphatic carbocycles. The number of hydrogen-bond acceptors (Lipinski definition) is 6. The van der Waals surface area contributed by atoms with Crippen molar-refractivity contribution in [1.29, 1.82) is 0 Å². The van der Waals surface area contributed by atoms with E-state index >= 15 is 0 Å². The molecular weight excluding hydrogens is 408 g/mol. The summed E-state index contributed by atoms with van der Waals surface area (Å²) in [6, 6.07) is 0. The summed E-state index contributed by atoms with van der Waals surface area (Å²) in [5.41, 5.74) is -1.12. The molecule has 6 nitrogen and oxygen atoms in total. The fourth-order valence-corrected chi connectivity index (χ4v) is 8.05. The van der Waals surface area contributed by atoms with Crippen molar-refractivity contribution in [2.75, 3.05) is 6.61 Å². The number of aliphatic hydroxyl groups excluding tert-OH is 2. The van der Waals surface area contributed by atoms with Crippen molar-refractivity contribution in [1.82, 2.24) is 0 Å². The highest BCUT2D eigenvalue weighted by atomic mass is 16.6. The van der Waals surface area contributed by atoms with Gasteiger partial charge in [-0.15, -0.1) is 0 Å². The summed E-state index contributed by atoms with van der Waals surface area (Å²) in [6.45, 7) is 5.51. The van der Waals surface area contributed by atoms with E-state index < -0.39 is 35.5 Å². The van der Waals surface area contributed by atoms with E-state index in [0.29, 0.717) is 25.7 Å². The highest BCUT2D eigenvalue weighted by molar-refractivity contribution is 5.92. The van der Waals surface area contributed by atoms with Gasteiger partial charge in [-0.1, -0.05) is 32.8 Å². The molecule has 0 aromatic carbocycles. The van der Waals surface area contributed by atoms with Crippen LogP contribution in [0.2, 0.25) is 0 Å². The zero-order chi connectivity index (χ0) is 23.3. The summed E-state index contributed by atoms with van der Waals surface area (Å²) in [5, 5.41) is 21.4. The number of fused-ring (bicyclic) bond motifs is 5. The van der Waals surface area contributed by atoms with Gasteiger partial charge in [0.2, 0.25) is 5.78 Å². The van der Waals surface area contributed by atoms with Gasteiger partial charge >= 0.3 is 5.97 Å². The lowest BCUT2D eigenvalue weighted by molar-refractivity contribution is -0.202. The van der Waals surface area contributed by atoms with E-state index in [-0.39, 0.29) is 35.4 Å². The Kier molecular flexibility index (Phi) is 6.17. The van der Waals surface area contributed by atoms with Crippen LogP contribution >= 0.6 is 0 Å². The van der Waals surface area contributed by atoms with E-state index in [9.17, 15) is 24.6 Å². The number of rotatable bonds is 6. The van der Waals surface area contributed by atoms with E-state index in [2.05, 4.69) is 6.92 Å². The minimum Gasteiger partial charge on any atom is -0.450 e. The highest BCUT2D eigenvalue weighted by Crippen LogP contribution is 2.68. The fourth-order valence-electron chi connectivity index (χ4n) is 8.05. The molecule has 0 heterocycles. The van der Waals surface area contributed by atoms with E-state index in [1.165, 1.54) is 5.57 Å². The van der Waals surface area contributed by atoms with Gasteiger partial charge < -0.3 is 14.9 Å². The summed E-state index contributed by atoms with van der Waals surface area (Å²) >= 11 is 0.